The maximum atomic E-state index is 12.0. The number of rotatable bonds is 5. The minimum Gasteiger partial charge on any atom is -0.462 e. The number of hydrogen-bond donors (Lipinski definition) is 2. The molecule has 1 aliphatic rings. The number of hydrogen-bond acceptors (Lipinski definition) is 5. The predicted octanol–water partition coefficient (Wildman–Crippen LogP) is 2.31. The van der Waals surface area contributed by atoms with Crippen LogP contribution in [-0.2, 0) is 9.53 Å². The molecule has 0 spiro atoms. The number of aryl methyl sites for hydroxylation is 1. The molecular formula is C14H20N2O3S. The van der Waals surface area contributed by atoms with Gasteiger partial charge in [-0.05, 0) is 39.3 Å². The Morgan fingerprint density at radius 3 is 3.00 bits per heavy atom. The van der Waals surface area contributed by atoms with Gasteiger partial charge in [0.1, 0.15) is 5.00 Å². The van der Waals surface area contributed by atoms with Crippen molar-refractivity contribution >= 4 is 28.2 Å². The number of amides is 1. The van der Waals surface area contributed by atoms with Crippen molar-refractivity contribution in [3.63, 3.8) is 0 Å². The lowest BCUT2D eigenvalue weighted by atomic mass is 10.1. The normalized spacial score (nSPS) is 18.0. The number of ether oxygens (including phenoxy) is 1. The van der Waals surface area contributed by atoms with Crippen LogP contribution >= 0.6 is 11.3 Å². The molecule has 1 atom stereocenters. The fraction of sp³-hybridized carbons (Fsp3) is 0.571. The molecule has 5 nitrogen and oxygen atoms in total. The lowest BCUT2D eigenvalue weighted by molar-refractivity contribution is -0.116. The molecule has 20 heavy (non-hydrogen) atoms. The van der Waals surface area contributed by atoms with Gasteiger partial charge in [0, 0.05) is 17.3 Å². The molecule has 0 radical (unpaired) electrons. The van der Waals surface area contributed by atoms with E-state index >= 15 is 0 Å². The van der Waals surface area contributed by atoms with Crippen molar-refractivity contribution in [2.45, 2.75) is 39.2 Å². The van der Waals surface area contributed by atoms with E-state index in [2.05, 4.69) is 10.6 Å². The van der Waals surface area contributed by atoms with Crippen molar-refractivity contribution in [2.24, 2.45) is 0 Å². The first-order valence-corrected chi connectivity index (χ1v) is 7.72. The first-order valence-electron chi connectivity index (χ1n) is 6.91. The molecule has 2 heterocycles. The van der Waals surface area contributed by atoms with E-state index in [1.165, 1.54) is 11.3 Å². The largest absolute Gasteiger partial charge is 0.462 e. The van der Waals surface area contributed by atoms with Gasteiger partial charge in [0.25, 0.3) is 0 Å². The van der Waals surface area contributed by atoms with Crippen molar-refractivity contribution < 1.29 is 14.3 Å². The van der Waals surface area contributed by atoms with Crippen molar-refractivity contribution in [2.75, 3.05) is 18.5 Å². The molecule has 1 unspecified atom stereocenters. The van der Waals surface area contributed by atoms with Crippen molar-refractivity contribution in [3.05, 3.63) is 16.5 Å². The van der Waals surface area contributed by atoms with Gasteiger partial charge in [0.2, 0.25) is 5.91 Å². The van der Waals surface area contributed by atoms with Gasteiger partial charge in [0.15, 0.2) is 0 Å². The molecule has 1 fully saturated rings. The highest BCUT2D eigenvalue weighted by Gasteiger charge is 2.21. The molecule has 1 aromatic heterocycles. The number of nitrogens with one attached hydrogen (secondary N) is 2. The van der Waals surface area contributed by atoms with E-state index in [1.54, 1.807) is 13.0 Å². The smallest absolute Gasteiger partial charge is 0.341 e. The SMILES string of the molecule is CCOC(=O)c1cc(C)sc1NC(=O)CC1CCCN1. The van der Waals surface area contributed by atoms with Crippen LogP contribution in [0.15, 0.2) is 6.07 Å². The van der Waals surface area contributed by atoms with Gasteiger partial charge >= 0.3 is 5.97 Å². The third-order valence-corrected chi connectivity index (χ3v) is 4.16. The summed E-state index contributed by atoms with van der Waals surface area (Å²) in [6.07, 6.45) is 2.59. The maximum Gasteiger partial charge on any atom is 0.341 e. The van der Waals surface area contributed by atoms with E-state index in [0.717, 1.165) is 24.3 Å². The van der Waals surface area contributed by atoms with Gasteiger partial charge in [-0.3, -0.25) is 4.79 Å². The number of anilines is 1. The van der Waals surface area contributed by atoms with Gasteiger partial charge in [-0.25, -0.2) is 4.79 Å². The Labute approximate surface area is 122 Å². The molecule has 6 heteroatoms. The molecule has 1 amide bonds. The minimum absolute atomic E-state index is 0.0585. The number of esters is 1. The molecule has 2 rings (SSSR count). The second-order valence-corrected chi connectivity index (χ2v) is 6.12. The zero-order valence-electron chi connectivity index (χ0n) is 11.8. The lowest BCUT2D eigenvalue weighted by Gasteiger charge is -2.10. The third-order valence-electron chi connectivity index (χ3n) is 3.20. The molecule has 0 bridgehead atoms. The van der Waals surface area contributed by atoms with Crippen molar-refractivity contribution in [1.29, 1.82) is 0 Å². The number of thiophene rings is 1. The fourth-order valence-corrected chi connectivity index (χ4v) is 3.22. The minimum atomic E-state index is -0.383. The van der Waals surface area contributed by atoms with E-state index in [4.69, 9.17) is 4.74 Å². The van der Waals surface area contributed by atoms with Crippen LogP contribution in [0.25, 0.3) is 0 Å². The highest BCUT2D eigenvalue weighted by atomic mass is 32.1. The molecule has 1 saturated heterocycles. The molecule has 0 aromatic carbocycles. The first kappa shape index (κ1) is 15.0. The van der Waals surface area contributed by atoms with E-state index in [0.29, 0.717) is 23.6 Å². The highest BCUT2D eigenvalue weighted by Crippen LogP contribution is 2.28. The first-order chi connectivity index (χ1) is 9.60. The van der Waals surface area contributed by atoms with Gasteiger partial charge in [-0.15, -0.1) is 11.3 Å². The average molecular weight is 296 g/mol. The van der Waals surface area contributed by atoms with E-state index in [-0.39, 0.29) is 17.9 Å². The Kier molecular flexibility index (Phi) is 5.14. The summed E-state index contributed by atoms with van der Waals surface area (Å²) < 4.78 is 5.00. The summed E-state index contributed by atoms with van der Waals surface area (Å²) in [5, 5.41) is 6.71. The third kappa shape index (κ3) is 3.80. The quantitative estimate of drug-likeness (QED) is 0.818. The summed E-state index contributed by atoms with van der Waals surface area (Å²) in [7, 11) is 0. The molecule has 2 N–H and O–H groups in total. The summed E-state index contributed by atoms with van der Waals surface area (Å²) in [4.78, 5) is 24.8. The van der Waals surface area contributed by atoms with Gasteiger partial charge in [-0.1, -0.05) is 0 Å². The van der Waals surface area contributed by atoms with Gasteiger partial charge in [0.05, 0.1) is 12.2 Å². The molecule has 1 aliphatic heterocycles. The van der Waals surface area contributed by atoms with E-state index in [9.17, 15) is 9.59 Å². The van der Waals surface area contributed by atoms with Gasteiger partial charge in [-0.2, -0.15) is 0 Å². The molecule has 1 aromatic rings. The Morgan fingerprint density at radius 2 is 2.35 bits per heavy atom. The van der Waals surface area contributed by atoms with Crippen LogP contribution in [0.4, 0.5) is 5.00 Å². The van der Waals surface area contributed by atoms with Crippen LogP contribution in [0.3, 0.4) is 0 Å². The van der Waals surface area contributed by atoms with Crippen molar-refractivity contribution in [1.82, 2.24) is 5.32 Å². The van der Waals surface area contributed by atoms with Crippen LogP contribution in [0.1, 0.15) is 41.4 Å². The topological polar surface area (TPSA) is 67.4 Å². The Bertz CT molecular complexity index is 493. The van der Waals surface area contributed by atoms with E-state index < -0.39 is 0 Å². The van der Waals surface area contributed by atoms with Crippen molar-refractivity contribution in [3.8, 4) is 0 Å². The summed E-state index contributed by atoms with van der Waals surface area (Å²) in [6, 6.07) is 2.01. The summed E-state index contributed by atoms with van der Waals surface area (Å²) in [6.45, 7) is 4.97. The highest BCUT2D eigenvalue weighted by molar-refractivity contribution is 7.16. The predicted molar refractivity (Wildman–Crippen MR) is 79.3 cm³/mol. The van der Waals surface area contributed by atoms with Crippen LogP contribution in [0.5, 0.6) is 0 Å². The second kappa shape index (κ2) is 6.85. The van der Waals surface area contributed by atoms with Crippen LogP contribution in [0.2, 0.25) is 0 Å². The molecule has 110 valence electrons. The van der Waals surface area contributed by atoms with Crippen LogP contribution < -0.4 is 10.6 Å². The summed E-state index contributed by atoms with van der Waals surface area (Å²) >= 11 is 1.40. The zero-order valence-corrected chi connectivity index (χ0v) is 12.6. The summed E-state index contributed by atoms with van der Waals surface area (Å²) in [5.74, 6) is -0.442. The van der Waals surface area contributed by atoms with Crippen LogP contribution in [0, 0.1) is 6.92 Å². The summed E-state index contributed by atoms with van der Waals surface area (Å²) in [5.41, 5.74) is 0.446. The van der Waals surface area contributed by atoms with E-state index in [1.807, 2.05) is 6.92 Å². The fourth-order valence-electron chi connectivity index (χ4n) is 2.30. The molecule has 0 aliphatic carbocycles. The lowest BCUT2D eigenvalue weighted by Crippen LogP contribution is -2.27. The van der Waals surface area contributed by atoms with Crippen LogP contribution in [-0.4, -0.2) is 31.1 Å². The Hall–Kier alpha value is -1.40. The maximum absolute atomic E-state index is 12.0. The number of carbonyl (C=O) groups is 2. The Balaban J connectivity index is 2.00. The monoisotopic (exact) mass is 296 g/mol. The zero-order chi connectivity index (χ0) is 14.5. The Morgan fingerprint density at radius 1 is 1.55 bits per heavy atom. The average Bonchev–Trinajstić information content (AvgIpc) is 2.99. The number of carbonyl (C=O) groups excluding carboxylic acids is 2. The molecule has 0 saturated carbocycles. The van der Waals surface area contributed by atoms with Gasteiger partial charge < -0.3 is 15.4 Å². The second-order valence-electron chi connectivity index (χ2n) is 4.87. The standard InChI is InChI=1S/C14H20N2O3S/c1-3-19-14(18)11-7-9(2)20-13(11)16-12(17)8-10-5-4-6-15-10/h7,10,15H,3-6,8H2,1-2H3,(H,16,17). The molecular weight excluding hydrogens is 276 g/mol.